The molecule has 0 unspecified atom stereocenters. The van der Waals surface area contributed by atoms with Crippen LogP contribution in [0.1, 0.15) is 37.9 Å². The van der Waals surface area contributed by atoms with E-state index in [1.165, 1.54) is 47.3 Å². The van der Waals surface area contributed by atoms with Gasteiger partial charge in [-0.3, -0.25) is 19.1 Å². The minimum atomic E-state index is -0.535. The fourth-order valence-corrected chi connectivity index (χ4v) is 4.75. The summed E-state index contributed by atoms with van der Waals surface area (Å²) in [7, 11) is 0. The number of hydrogen-bond acceptors (Lipinski definition) is 4. The van der Waals surface area contributed by atoms with Crippen LogP contribution in [0.5, 0.6) is 0 Å². The van der Waals surface area contributed by atoms with E-state index in [1.54, 1.807) is 24.4 Å². The van der Waals surface area contributed by atoms with E-state index in [-0.39, 0.29) is 28.6 Å². The standard InChI is InChI=1S/C28H23ClF2N4O2/c1-16-3-2-4-26(35-15-33-24(14-27(35)36)21-12-18(29)5-7-22(21)31)25-11-17(9-10-32-25)20-13-19(30)6-8-23(20)34-28(16)37/h5-16,26H,2-4H2,1H3,(H,34,37)/t16-,26+/m1/s1. The summed E-state index contributed by atoms with van der Waals surface area (Å²) in [6, 6.07) is 12.6. The molecule has 1 aliphatic heterocycles. The molecule has 0 spiro atoms. The highest BCUT2D eigenvalue weighted by Crippen LogP contribution is 2.33. The van der Waals surface area contributed by atoms with Gasteiger partial charge in [-0.2, -0.15) is 0 Å². The molecule has 2 aromatic heterocycles. The molecule has 0 aliphatic carbocycles. The molecule has 188 valence electrons. The van der Waals surface area contributed by atoms with Crippen LogP contribution < -0.4 is 10.9 Å². The second-order valence-corrected chi connectivity index (χ2v) is 9.58. The zero-order valence-corrected chi connectivity index (χ0v) is 20.7. The summed E-state index contributed by atoms with van der Waals surface area (Å²) < 4.78 is 30.0. The monoisotopic (exact) mass is 520 g/mol. The van der Waals surface area contributed by atoms with Crippen LogP contribution >= 0.6 is 11.6 Å². The predicted octanol–water partition coefficient (Wildman–Crippen LogP) is 6.25. The van der Waals surface area contributed by atoms with Gasteiger partial charge in [-0.15, -0.1) is 0 Å². The quantitative estimate of drug-likeness (QED) is 0.339. The van der Waals surface area contributed by atoms with Crippen molar-refractivity contribution in [3.05, 3.63) is 99.8 Å². The molecule has 3 heterocycles. The lowest BCUT2D eigenvalue weighted by Crippen LogP contribution is -2.27. The lowest BCUT2D eigenvalue weighted by Gasteiger charge is -2.22. The Hall–Kier alpha value is -3.91. The Morgan fingerprint density at radius 2 is 1.81 bits per heavy atom. The van der Waals surface area contributed by atoms with Gasteiger partial charge in [0.05, 0.1) is 23.8 Å². The Labute approximate surface area is 217 Å². The van der Waals surface area contributed by atoms with E-state index < -0.39 is 17.7 Å². The van der Waals surface area contributed by atoms with E-state index in [1.807, 2.05) is 6.92 Å². The Balaban J connectivity index is 1.61. The number of anilines is 1. The van der Waals surface area contributed by atoms with Crippen molar-refractivity contribution >= 4 is 23.2 Å². The summed E-state index contributed by atoms with van der Waals surface area (Å²) in [6.45, 7) is 1.83. The predicted molar refractivity (Wildman–Crippen MR) is 138 cm³/mol. The molecule has 2 atom stereocenters. The molecule has 1 N–H and O–H groups in total. The number of hydrogen-bond donors (Lipinski definition) is 1. The highest BCUT2D eigenvalue weighted by molar-refractivity contribution is 6.30. The molecule has 0 saturated heterocycles. The topological polar surface area (TPSA) is 76.9 Å². The molecule has 0 radical (unpaired) electrons. The Morgan fingerprint density at radius 1 is 0.973 bits per heavy atom. The van der Waals surface area contributed by atoms with E-state index in [4.69, 9.17) is 11.6 Å². The largest absolute Gasteiger partial charge is 0.325 e. The fraction of sp³-hybridized carbons (Fsp3) is 0.214. The number of aromatic nitrogens is 3. The summed E-state index contributed by atoms with van der Waals surface area (Å²) in [4.78, 5) is 35.0. The number of rotatable bonds is 2. The van der Waals surface area contributed by atoms with Gasteiger partial charge >= 0.3 is 0 Å². The molecule has 9 heteroatoms. The average Bonchev–Trinajstić information content (AvgIpc) is 2.89. The second kappa shape index (κ2) is 10.2. The first-order valence-electron chi connectivity index (χ1n) is 11.9. The summed E-state index contributed by atoms with van der Waals surface area (Å²) >= 11 is 6.01. The Bertz CT molecular complexity index is 1560. The van der Waals surface area contributed by atoms with Crippen LogP contribution in [0.25, 0.3) is 22.4 Å². The number of benzene rings is 2. The first kappa shape index (κ1) is 24.8. The van der Waals surface area contributed by atoms with Crippen LogP contribution in [0, 0.1) is 17.6 Å². The molecule has 0 saturated carbocycles. The van der Waals surface area contributed by atoms with Crippen molar-refractivity contribution in [2.45, 2.75) is 32.2 Å². The van der Waals surface area contributed by atoms with Crippen molar-refractivity contribution in [1.82, 2.24) is 14.5 Å². The molecule has 2 bridgehead atoms. The van der Waals surface area contributed by atoms with Crippen LogP contribution in [0.2, 0.25) is 5.02 Å². The number of nitrogens with one attached hydrogen (secondary N) is 1. The lowest BCUT2D eigenvalue weighted by atomic mass is 9.95. The summed E-state index contributed by atoms with van der Waals surface area (Å²) in [5.41, 5.74) is 2.18. The maximum absolute atomic E-state index is 14.4. The molecule has 4 aromatic rings. The number of nitrogens with zero attached hydrogens (tertiary/aromatic N) is 3. The number of amides is 1. The lowest BCUT2D eigenvalue weighted by molar-refractivity contribution is -0.119. The van der Waals surface area contributed by atoms with Crippen LogP contribution in [0.4, 0.5) is 14.5 Å². The Kier molecular flexibility index (Phi) is 6.84. The van der Waals surface area contributed by atoms with Crippen LogP contribution in [0.3, 0.4) is 0 Å². The highest BCUT2D eigenvalue weighted by Gasteiger charge is 2.23. The zero-order valence-electron chi connectivity index (χ0n) is 19.9. The molecule has 5 rings (SSSR count). The van der Waals surface area contributed by atoms with Gasteiger partial charge in [0.1, 0.15) is 11.6 Å². The zero-order chi connectivity index (χ0) is 26.1. The van der Waals surface area contributed by atoms with Crippen molar-refractivity contribution in [3.63, 3.8) is 0 Å². The van der Waals surface area contributed by atoms with Gasteiger partial charge in [-0.1, -0.05) is 24.9 Å². The maximum Gasteiger partial charge on any atom is 0.254 e. The van der Waals surface area contributed by atoms with E-state index in [0.717, 1.165) is 0 Å². The third-order valence-corrected chi connectivity index (χ3v) is 6.85. The van der Waals surface area contributed by atoms with Crippen LogP contribution in [-0.2, 0) is 4.79 Å². The van der Waals surface area contributed by atoms with Gasteiger partial charge in [0.25, 0.3) is 5.56 Å². The van der Waals surface area contributed by atoms with Gasteiger partial charge in [0, 0.05) is 40.0 Å². The van der Waals surface area contributed by atoms with Crippen LogP contribution in [0.15, 0.2) is 71.9 Å². The fourth-order valence-electron chi connectivity index (χ4n) is 4.58. The smallest absolute Gasteiger partial charge is 0.254 e. The molecule has 0 fully saturated rings. The molecular weight excluding hydrogens is 498 g/mol. The van der Waals surface area contributed by atoms with E-state index in [9.17, 15) is 18.4 Å². The van der Waals surface area contributed by atoms with Crippen molar-refractivity contribution in [2.24, 2.45) is 5.92 Å². The molecule has 2 aromatic carbocycles. The molecule has 1 aliphatic rings. The van der Waals surface area contributed by atoms with Gasteiger partial charge in [-0.25, -0.2) is 13.8 Å². The number of carbonyl (C=O) groups is 1. The molecule has 1 amide bonds. The molecule has 6 nitrogen and oxygen atoms in total. The molecular formula is C28H23ClF2N4O2. The summed E-state index contributed by atoms with van der Waals surface area (Å²) in [5.74, 6) is -1.43. The number of carbonyl (C=O) groups excluding carboxylic acids is 1. The van der Waals surface area contributed by atoms with Gasteiger partial charge < -0.3 is 5.32 Å². The minimum Gasteiger partial charge on any atom is -0.325 e. The summed E-state index contributed by atoms with van der Waals surface area (Å²) in [5, 5.41) is 3.25. The molecule has 37 heavy (non-hydrogen) atoms. The average molecular weight is 521 g/mol. The normalized spacial score (nSPS) is 17.8. The third kappa shape index (κ3) is 5.15. The first-order valence-corrected chi connectivity index (χ1v) is 12.3. The Morgan fingerprint density at radius 3 is 2.62 bits per heavy atom. The van der Waals surface area contributed by atoms with Gasteiger partial charge in [-0.05, 0) is 66.9 Å². The number of fused-ring (bicyclic) bond motifs is 4. The number of halogens is 3. The van der Waals surface area contributed by atoms with Gasteiger partial charge in [0.15, 0.2) is 0 Å². The van der Waals surface area contributed by atoms with E-state index in [2.05, 4.69) is 15.3 Å². The minimum absolute atomic E-state index is 0.133. The van der Waals surface area contributed by atoms with E-state index >= 15 is 0 Å². The summed E-state index contributed by atoms with van der Waals surface area (Å²) in [6.07, 6.45) is 4.70. The van der Waals surface area contributed by atoms with Crippen molar-refractivity contribution in [2.75, 3.05) is 5.32 Å². The van der Waals surface area contributed by atoms with Crippen molar-refractivity contribution in [1.29, 1.82) is 0 Å². The SMILES string of the molecule is C[C@@H]1CCC[C@H](n2cnc(-c3cc(Cl)ccc3F)cc2=O)c2cc(ccn2)-c2cc(F)ccc2NC1=O. The first-order chi connectivity index (χ1) is 17.8. The highest BCUT2D eigenvalue weighted by atomic mass is 35.5. The maximum atomic E-state index is 14.4. The number of pyridine rings is 1. The van der Waals surface area contributed by atoms with Crippen LogP contribution in [-0.4, -0.2) is 20.4 Å². The van der Waals surface area contributed by atoms with E-state index in [0.29, 0.717) is 46.8 Å². The van der Waals surface area contributed by atoms with Gasteiger partial charge in [0.2, 0.25) is 5.91 Å². The second-order valence-electron chi connectivity index (χ2n) is 9.14. The van der Waals surface area contributed by atoms with Crippen molar-refractivity contribution in [3.8, 4) is 22.4 Å². The third-order valence-electron chi connectivity index (χ3n) is 6.61. The van der Waals surface area contributed by atoms with Crippen molar-refractivity contribution < 1.29 is 13.6 Å².